The fraction of sp³-hybridized carbons (Fsp3) is 0.480. The molecule has 1 aliphatic rings. The molecule has 1 aromatic heterocycles. The molecule has 0 saturated heterocycles. The SMILES string of the molecule is CCCCCC(O)c1ccc(C2=C(F)CC[C@@H]2CCCc2ccc(C(=O)O)s2)cc1. The van der Waals surface area contributed by atoms with E-state index in [9.17, 15) is 14.3 Å². The third-order valence-corrected chi connectivity index (χ3v) is 7.08. The fourth-order valence-corrected chi connectivity index (χ4v) is 5.16. The number of carbonyl (C=O) groups is 1. The standard InChI is InChI=1S/C25H31FO3S/c1-2-3-4-8-22(27)17-9-11-19(12-10-17)24-18(13-15-21(24)26)6-5-7-20-14-16-23(30-20)25(28)29/h9-12,14,16,18,22,27H,2-8,13,15H2,1H3,(H,28,29)/t18-,22?/m0/s1. The van der Waals surface area contributed by atoms with Gasteiger partial charge in [-0.25, -0.2) is 9.18 Å². The predicted octanol–water partition coefficient (Wildman–Crippen LogP) is 7.17. The van der Waals surface area contributed by atoms with E-state index in [1.807, 2.05) is 30.3 Å². The van der Waals surface area contributed by atoms with Crippen LogP contribution < -0.4 is 0 Å². The van der Waals surface area contributed by atoms with Gasteiger partial charge in [0.2, 0.25) is 0 Å². The average Bonchev–Trinajstić information content (AvgIpc) is 3.35. The number of aliphatic hydroxyl groups excluding tert-OH is 1. The molecular formula is C25H31FO3S. The molecule has 1 unspecified atom stereocenters. The molecule has 162 valence electrons. The van der Waals surface area contributed by atoms with Crippen LogP contribution in [0.5, 0.6) is 0 Å². The number of rotatable bonds is 11. The number of hydrogen-bond acceptors (Lipinski definition) is 3. The number of allylic oxidation sites excluding steroid dienone is 2. The number of aryl methyl sites for hydroxylation is 1. The summed E-state index contributed by atoms with van der Waals surface area (Å²) in [6, 6.07) is 11.3. The maximum absolute atomic E-state index is 14.6. The van der Waals surface area contributed by atoms with Crippen LogP contribution in [0, 0.1) is 5.92 Å². The van der Waals surface area contributed by atoms with Gasteiger partial charge in [0.1, 0.15) is 10.7 Å². The Labute approximate surface area is 182 Å². The molecule has 1 aliphatic carbocycles. The Balaban J connectivity index is 1.58. The largest absolute Gasteiger partial charge is 0.477 e. The maximum atomic E-state index is 14.6. The molecule has 1 heterocycles. The number of benzene rings is 1. The molecule has 2 aromatic rings. The highest BCUT2D eigenvalue weighted by Crippen LogP contribution is 2.42. The van der Waals surface area contributed by atoms with Crippen molar-refractivity contribution in [1.82, 2.24) is 0 Å². The Morgan fingerprint density at radius 2 is 1.93 bits per heavy atom. The number of aromatic carboxylic acids is 1. The van der Waals surface area contributed by atoms with Gasteiger partial charge < -0.3 is 10.2 Å². The second-order valence-corrected chi connectivity index (χ2v) is 9.32. The predicted molar refractivity (Wildman–Crippen MR) is 121 cm³/mol. The molecule has 3 nitrogen and oxygen atoms in total. The van der Waals surface area contributed by atoms with Gasteiger partial charge in [0, 0.05) is 11.3 Å². The van der Waals surface area contributed by atoms with Crippen LogP contribution in [0.2, 0.25) is 0 Å². The lowest BCUT2D eigenvalue weighted by Crippen LogP contribution is -2.02. The number of halogens is 1. The van der Waals surface area contributed by atoms with E-state index in [0.717, 1.165) is 72.9 Å². The zero-order chi connectivity index (χ0) is 21.5. The van der Waals surface area contributed by atoms with Crippen molar-refractivity contribution < 1.29 is 19.4 Å². The molecule has 5 heteroatoms. The summed E-state index contributed by atoms with van der Waals surface area (Å²) in [4.78, 5) is 12.4. The second-order valence-electron chi connectivity index (χ2n) is 8.15. The molecular weight excluding hydrogens is 399 g/mol. The first-order valence-electron chi connectivity index (χ1n) is 11.0. The van der Waals surface area contributed by atoms with Gasteiger partial charge in [-0.3, -0.25) is 0 Å². The number of hydrogen-bond donors (Lipinski definition) is 2. The van der Waals surface area contributed by atoms with Crippen LogP contribution in [0.25, 0.3) is 5.57 Å². The molecule has 0 spiro atoms. The molecule has 0 fully saturated rings. The molecule has 2 N–H and O–H groups in total. The zero-order valence-electron chi connectivity index (χ0n) is 17.6. The molecule has 0 saturated carbocycles. The van der Waals surface area contributed by atoms with E-state index in [2.05, 4.69) is 6.92 Å². The van der Waals surface area contributed by atoms with Gasteiger partial charge in [-0.1, -0.05) is 50.5 Å². The lowest BCUT2D eigenvalue weighted by atomic mass is 9.89. The van der Waals surface area contributed by atoms with Gasteiger partial charge in [-0.05, 0) is 66.9 Å². The minimum absolute atomic E-state index is 0.0134. The smallest absolute Gasteiger partial charge is 0.345 e. The summed E-state index contributed by atoms with van der Waals surface area (Å²) in [5.74, 6) is -0.696. The molecule has 0 radical (unpaired) electrons. The van der Waals surface area contributed by atoms with Gasteiger partial charge in [-0.15, -0.1) is 11.3 Å². The van der Waals surface area contributed by atoms with Gasteiger partial charge in [0.05, 0.1) is 6.10 Å². The van der Waals surface area contributed by atoms with Crippen LogP contribution in [0.1, 0.15) is 90.1 Å². The minimum Gasteiger partial charge on any atom is -0.477 e. The van der Waals surface area contributed by atoms with E-state index in [4.69, 9.17) is 5.11 Å². The van der Waals surface area contributed by atoms with E-state index < -0.39 is 12.1 Å². The monoisotopic (exact) mass is 430 g/mol. The van der Waals surface area contributed by atoms with E-state index in [1.54, 1.807) is 6.07 Å². The summed E-state index contributed by atoms with van der Waals surface area (Å²) in [6.07, 6.45) is 7.53. The molecule has 0 bridgehead atoms. The molecule has 0 aliphatic heterocycles. The first-order valence-corrected chi connectivity index (χ1v) is 11.8. The third kappa shape index (κ3) is 5.79. The van der Waals surface area contributed by atoms with Crippen molar-refractivity contribution in [3.63, 3.8) is 0 Å². The van der Waals surface area contributed by atoms with Crippen molar-refractivity contribution in [1.29, 1.82) is 0 Å². The normalized spacial score (nSPS) is 17.5. The molecule has 1 aromatic carbocycles. The van der Waals surface area contributed by atoms with Crippen molar-refractivity contribution in [2.45, 2.75) is 70.8 Å². The highest BCUT2D eigenvalue weighted by atomic mass is 32.1. The summed E-state index contributed by atoms with van der Waals surface area (Å²) >= 11 is 1.32. The van der Waals surface area contributed by atoms with Gasteiger partial charge in [0.25, 0.3) is 0 Å². The summed E-state index contributed by atoms with van der Waals surface area (Å²) in [5.41, 5.74) is 2.64. The Morgan fingerprint density at radius 1 is 1.17 bits per heavy atom. The Hall–Kier alpha value is -1.98. The van der Waals surface area contributed by atoms with E-state index >= 15 is 0 Å². The topological polar surface area (TPSA) is 57.5 Å². The van der Waals surface area contributed by atoms with Crippen LogP contribution in [0.15, 0.2) is 42.2 Å². The van der Waals surface area contributed by atoms with E-state index in [-0.39, 0.29) is 11.7 Å². The summed E-state index contributed by atoms with van der Waals surface area (Å²) < 4.78 is 14.6. The molecule has 30 heavy (non-hydrogen) atoms. The highest BCUT2D eigenvalue weighted by molar-refractivity contribution is 7.13. The third-order valence-electron chi connectivity index (χ3n) is 5.95. The summed E-state index contributed by atoms with van der Waals surface area (Å²) in [7, 11) is 0. The van der Waals surface area contributed by atoms with E-state index in [1.165, 1.54) is 11.3 Å². The molecule has 3 rings (SSSR count). The molecule has 0 amide bonds. The van der Waals surface area contributed by atoms with Crippen LogP contribution in [-0.4, -0.2) is 16.2 Å². The molecule has 2 atom stereocenters. The van der Waals surface area contributed by atoms with Crippen molar-refractivity contribution in [2.75, 3.05) is 0 Å². The number of carboxylic acids is 1. The Morgan fingerprint density at radius 3 is 2.60 bits per heavy atom. The van der Waals surface area contributed by atoms with Crippen molar-refractivity contribution in [2.24, 2.45) is 5.92 Å². The first-order chi connectivity index (χ1) is 14.5. The first kappa shape index (κ1) is 22.7. The second kappa shape index (κ2) is 10.9. The average molecular weight is 431 g/mol. The van der Waals surface area contributed by atoms with Crippen LogP contribution >= 0.6 is 11.3 Å². The number of carboxylic acid groups (broad SMARTS) is 1. The van der Waals surface area contributed by atoms with Gasteiger partial charge in [0.15, 0.2) is 0 Å². The lowest BCUT2D eigenvalue weighted by molar-refractivity contribution is 0.0702. The van der Waals surface area contributed by atoms with Crippen molar-refractivity contribution in [3.05, 3.63) is 63.1 Å². The number of thiophene rings is 1. The Kier molecular flexibility index (Phi) is 8.23. The van der Waals surface area contributed by atoms with Crippen molar-refractivity contribution in [3.8, 4) is 0 Å². The van der Waals surface area contributed by atoms with Crippen LogP contribution in [0.4, 0.5) is 4.39 Å². The number of unbranched alkanes of at least 4 members (excludes halogenated alkanes) is 2. The van der Waals surface area contributed by atoms with Crippen molar-refractivity contribution >= 4 is 22.9 Å². The summed E-state index contributed by atoms with van der Waals surface area (Å²) in [5, 5.41) is 19.4. The Bertz CT molecular complexity index is 869. The minimum atomic E-state index is -0.881. The number of aliphatic hydroxyl groups is 1. The highest BCUT2D eigenvalue weighted by Gasteiger charge is 2.27. The van der Waals surface area contributed by atoms with Crippen LogP contribution in [0.3, 0.4) is 0 Å². The fourth-order valence-electron chi connectivity index (χ4n) is 4.27. The lowest BCUT2D eigenvalue weighted by Gasteiger charge is -2.16. The summed E-state index contributed by atoms with van der Waals surface area (Å²) in [6.45, 7) is 2.15. The van der Waals surface area contributed by atoms with Gasteiger partial charge >= 0.3 is 5.97 Å². The van der Waals surface area contributed by atoms with Crippen LogP contribution in [-0.2, 0) is 6.42 Å². The maximum Gasteiger partial charge on any atom is 0.345 e. The van der Waals surface area contributed by atoms with E-state index in [0.29, 0.717) is 11.3 Å². The quantitative estimate of drug-likeness (QED) is 0.371. The zero-order valence-corrected chi connectivity index (χ0v) is 18.4. The van der Waals surface area contributed by atoms with Gasteiger partial charge in [-0.2, -0.15) is 0 Å².